The molecule has 2 atom stereocenters. The smallest absolute Gasteiger partial charge is 0.0583 e. The van der Waals surface area contributed by atoms with Crippen LogP contribution in [-0.4, -0.2) is 22.4 Å². The minimum absolute atomic E-state index is 0.165. The Balaban J connectivity index is 0.000000260. The van der Waals surface area contributed by atoms with Gasteiger partial charge in [0.05, 0.1) is 12.2 Å². The van der Waals surface area contributed by atoms with Crippen LogP contribution >= 0.6 is 0 Å². The molecule has 0 bridgehead atoms. The molecular formula is C24H36O2. The Labute approximate surface area is 160 Å². The van der Waals surface area contributed by atoms with Crippen molar-refractivity contribution in [2.24, 2.45) is 0 Å². The van der Waals surface area contributed by atoms with Crippen molar-refractivity contribution in [2.45, 2.75) is 78.4 Å². The molecule has 0 saturated heterocycles. The van der Waals surface area contributed by atoms with Crippen LogP contribution in [-0.2, 0) is 0 Å². The van der Waals surface area contributed by atoms with Crippen molar-refractivity contribution < 1.29 is 10.2 Å². The highest BCUT2D eigenvalue weighted by Crippen LogP contribution is 2.28. The van der Waals surface area contributed by atoms with E-state index in [0.717, 1.165) is 38.5 Å². The molecule has 2 N–H and O–H groups in total. The third kappa shape index (κ3) is 8.64. The molecule has 0 spiro atoms. The van der Waals surface area contributed by atoms with Gasteiger partial charge in [0, 0.05) is 0 Å². The monoisotopic (exact) mass is 356 g/mol. The maximum absolute atomic E-state index is 9.46. The average molecular weight is 357 g/mol. The maximum Gasteiger partial charge on any atom is 0.0583 e. The summed E-state index contributed by atoms with van der Waals surface area (Å²) in [5.41, 5.74) is 7.34. The first-order chi connectivity index (χ1) is 12.2. The molecule has 2 heteroatoms. The van der Waals surface area contributed by atoms with Gasteiger partial charge in [0.1, 0.15) is 0 Å². The Morgan fingerprint density at radius 1 is 0.769 bits per heavy atom. The number of hydrogen-bond donors (Lipinski definition) is 2. The van der Waals surface area contributed by atoms with Gasteiger partial charge in [-0.15, -0.1) is 0 Å². The van der Waals surface area contributed by atoms with Gasteiger partial charge in [-0.25, -0.2) is 0 Å². The van der Waals surface area contributed by atoms with Crippen LogP contribution in [0.5, 0.6) is 0 Å². The Kier molecular flexibility index (Phi) is 9.61. The largest absolute Gasteiger partial charge is 0.393 e. The molecule has 2 rings (SSSR count). The third-order valence-corrected chi connectivity index (χ3v) is 4.61. The lowest BCUT2D eigenvalue weighted by atomic mass is 9.88. The lowest BCUT2D eigenvalue weighted by molar-refractivity contribution is 0.158. The molecule has 2 unspecified atom stereocenters. The second-order valence-electron chi connectivity index (χ2n) is 7.87. The number of rotatable bonds is 2. The zero-order chi connectivity index (χ0) is 19.7. The van der Waals surface area contributed by atoms with Crippen LogP contribution in [0.3, 0.4) is 0 Å². The van der Waals surface area contributed by atoms with E-state index in [9.17, 15) is 10.2 Å². The summed E-state index contributed by atoms with van der Waals surface area (Å²) in [6.45, 7) is 16.3. The third-order valence-electron chi connectivity index (χ3n) is 4.61. The van der Waals surface area contributed by atoms with Crippen molar-refractivity contribution >= 4 is 0 Å². The summed E-state index contributed by atoms with van der Waals surface area (Å²) in [6, 6.07) is 0. The fourth-order valence-corrected chi connectivity index (χ4v) is 2.91. The van der Waals surface area contributed by atoms with Gasteiger partial charge in [0.15, 0.2) is 0 Å². The summed E-state index contributed by atoms with van der Waals surface area (Å²) in [5.74, 6) is 0. The number of aliphatic hydroxyl groups is 2. The first-order valence-corrected chi connectivity index (χ1v) is 9.59. The minimum atomic E-state index is -0.165. The van der Waals surface area contributed by atoms with E-state index in [1.807, 2.05) is 0 Å². The van der Waals surface area contributed by atoms with Gasteiger partial charge in [-0.2, -0.15) is 0 Å². The van der Waals surface area contributed by atoms with Crippen molar-refractivity contribution in [2.75, 3.05) is 0 Å². The zero-order valence-corrected chi connectivity index (χ0v) is 17.0. The summed E-state index contributed by atoms with van der Waals surface area (Å²) < 4.78 is 0. The second-order valence-corrected chi connectivity index (χ2v) is 7.87. The normalized spacial score (nSPS) is 26.2. The first-order valence-electron chi connectivity index (χ1n) is 9.59. The predicted molar refractivity (Wildman–Crippen MR) is 113 cm³/mol. The summed E-state index contributed by atoms with van der Waals surface area (Å²) in [4.78, 5) is 0. The van der Waals surface area contributed by atoms with Crippen LogP contribution in [0.1, 0.15) is 66.2 Å². The molecular weight excluding hydrogens is 320 g/mol. The van der Waals surface area contributed by atoms with Crippen LogP contribution in [0.4, 0.5) is 0 Å². The van der Waals surface area contributed by atoms with Crippen LogP contribution in [0.25, 0.3) is 0 Å². The first kappa shape index (κ1) is 22.4. The molecule has 2 aliphatic rings. The van der Waals surface area contributed by atoms with E-state index in [2.05, 4.69) is 65.2 Å². The molecule has 2 fully saturated rings. The highest BCUT2D eigenvalue weighted by Gasteiger charge is 2.17. The lowest BCUT2D eigenvalue weighted by Gasteiger charge is -2.21. The number of allylic oxidation sites excluding steroid dienone is 8. The number of hydrogen-bond acceptors (Lipinski definition) is 2. The standard InChI is InChI=1S/2C12H18O/c2*1-9(2)4-6-11-8-12(13)7-5-10(11)3/h2*4,6,12-13H,3,5,7-8H2,1-2H3/b2*11-6-. The van der Waals surface area contributed by atoms with E-state index in [4.69, 9.17) is 0 Å². The van der Waals surface area contributed by atoms with Crippen LogP contribution in [0, 0.1) is 0 Å². The zero-order valence-electron chi connectivity index (χ0n) is 17.0. The van der Waals surface area contributed by atoms with E-state index >= 15 is 0 Å². The molecule has 0 amide bonds. The number of aliphatic hydroxyl groups excluding tert-OH is 2. The highest BCUT2D eigenvalue weighted by molar-refractivity contribution is 5.35. The Morgan fingerprint density at radius 3 is 1.42 bits per heavy atom. The molecule has 26 heavy (non-hydrogen) atoms. The lowest BCUT2D eigenvalue weighted by Crippen LogP contribution is -2.14. The molecule has 2 nitrogen and oxygen atoms in total. The Bertz CT molecular complexity index is 565. The molecule has 144 valence electrons. The van der Waals surface area contributed by atoms with Gasteiger partial charge in [-0.05, 0) is 77.4 Å². The molecule has 0 heterocycles. The summed E-state index contributed by atoms with van der Waals surface area (Å²) in [6.07, 6.45) is 13.1. The summed E-state index contributed by atoms with van der Waals surface area (Å²) >= 11 is 0. The fraction of sp³-hybridized carbons (Fsp3) is 0.500. The second kappa shape index (κ2) is 11.2. The van der Waals surface area contributed by atoms with Gasteiger partial charge in [0.2, 0.25) is 0 Å². The van der Waals surface area contributed by atoms with E-state index in [1.165, 1.54) is 33.4 Å². The van der Waals surface area contributed by atoms with Gasteiger partial charge in [-0.3, -0.25) is 0 Å². The summed E-state index contributed by atoms with van der Waals surface area (Å²) in [5, 5.41) is 18.9. The van der Waals surface area contributed by atoms with Crippen molar-refractivity contribution in [3.8, 4) is 0 Å². The van der Waals surface area contributed by atoms with E-state index < -0.39 is 0 Å². The molecule has 0 aromatic heterocycles. The maximum atomic E-state index is 9.46. The molecule has 0 aromatic rings. The highest BCUT2D eigenvalue weighted by atomic mass is 16.3. The van der Waals surface area contributed by atoms with E-state index in [-0.39, 0.29) is 12.2 Å². The van der Waals surface area contributed by atoms with Gasteiger partial charge < -0.3 is 10.2 Å². The topological polar surface area (TPSA) is 40.5 Å². The van der Waals surface area contributed by atoms with Crippen LogP contribution in [0.15, 0.2) is 70.9 Å². The SMILES string of the molecule is C=C1CCC(O)C/C1=C/C=C(C)C.C=C1CCC(O)C/C1=C/C=C(C)C. The molecule has 2 saturated carbocycles. The summed E-state index contributed by atoms with van der Waals surface area (Å²) in [7, 11) is 0. The average Bonchev–Trinajstić information content (AvgIpc) is 2.57. The van der Waals surface area contributed by atoms with Crippen molar-refractivity contribution in [3.05, 3.63) is 70.9 Å². The van der Waals surface area contributed by atoms with Crippen LogP contribution < -0.4 is 0 Å². The molecule has 2 aliphatic carbocycles. The van der Waals surface area contributed by atoms with Gasteiger partial charge >= 0.3 is 0 Å². The fourth-order valence-electron chi connectivity index (χ4n) is 2.91. The predicted octanol–water partition coefficient (Wildman–Crippen LogP) is 5.96. The van der Waals surface area contributed by atoms with E-state index in [0.29, 0.717) is 0 Å². The van der Waals surface area contributed by atoms with Gasteiger partial charge in [0.25, 0.3) is 0 Å². The molecule has 0 aliphatic heterocycles. The Hall–Kier alpha value is -1.64. The van der Waals surface area contributed by atoms with Crippen LogP contribution in [0.2, 0.25) is 0 Å². The molecule has 0 radical (unpaired) electrons. The van der Waals surface area contributed by atoms with Crippen molar-refractivity contribution in [1.82, 2.24) is 0 Å². The molecule has 0 aromatic carbocycles. The minimum Gasteiger partial charge on any atom is -0.393 e. The van der Waals surface area contributed by atoms with Crippen molar-refractivity contribution in [1.29, 1.82) is 0 Å². The van der Waals surface area contributed by atoms with E-state index in [1.54, 1.807) is 0 Å². The quantitative estimate of drug-likeness (QED) is 0.641. The van der Waals surface area contributed by atoms with Gasteiger partial charge in [-0.1, -0.05) is 59.8 Å². The van der Waals surface area contributed by atoms with Crippen molar-refractivity contribution in [3.63, 3.8) is 0 Å². The Morgan fingerprint density at radius 2 is 1.12 bits per heavy atom.